The lowest BCUT2D eigenvalue weighted by Crippen LogP contribution is -2.17. The first-order valence-electron chi connectivity index (χ1n) is 7.12. The molecule has 0 atom stereocenters. The average molecular weight is 337 g/mol. The molecule has 0 spiro atoms. The van der Waals surface area contributed by atoms with Crippen molar-refractivity contribution in [3.8, 4) is 5.75 Å². The fraction of sp³-hybridized carbons (Fsp3) is 0.278. The van der Waals surface area contributed by atoms with Gasteiger partial charge in [-0.25, -0.2) is 9.18 Å². The molecule has 5 heteroatoms. The highest BCUT2D eigenvalue weighted by Gasteiger charge is 2.24. The zero-order valence-electron chi connectivity index (χ0n) is 13.2. The summed E-state index contributed by atoms with van der Waals surface area (Å²) in [5.74, 6) is -1.02. The Labute approximate surface area is 139 Å². The third kappa shape index (κ3) is 4.45. The first-order chi connectivity index (χ1) is 10.7. The summed E-state index contributed by atoms with van der Waals surface area (Å²) in [6, 6.07) is 2.81. The average Bonchev–Trinajstić information content (AvgIpc) is 2.54. The number of halogens is 2. The lowest BCUT2D eigenvalue weighted by atomic mass is 9.90. The Morgan fingerprint density at radius 2 is 2.13 bits per heavy atom. The highest BCUT2D eigenvalue weighted by molar-refractivity contribution is 6.31. The van der Waals surface area contributed by atoms with Gasteiger partial charge in [-0.3, -0.25) is 0 Å². The van der Waals surface area contributed by atoms with E-state index >= 15 is 0 Å². The standard InChI is InChI=1S/C18H18ClFO3/c1-11(6-17(21)22)4-5-12-9-18(2,3)10-23-16-8-14(19)15(20)7-13(12)16/h4-9H,10H2,1-3H3,(H,21,22). The first kappa shape index (κ1) is 17.3. The Bertz CT molecular complexity index is 730. The second-order valence-corrected chi connectivity index (χ2v) is 6.61. The van der Waals surface area contributed by atoms with Gasteiger partial charge in [0.15, 0.2) is 0 Å². The number of ether oxygens (including phenoxy) is 1. The monoisotopic (exact) mass is 336 g/mol. The SMILES string of the molecule is CC(C=CC1=CC(C)(C)COc2cc(Cl)c(F)cc21)=CC(=O)O. The van der Waals surface area contributed by atoms with Crippen LogP contribution in [0.1, 0.15) is 26.3 Å². The molecule has 0 saturated heterocycles. The first-order valence-corrected chi connectivity index (χ1v) is 7.50. The van der Waals surface area contributed by atoms with E-state index in [9.17, 15) is 9.18 Å². The second-order valence-electron chi connectivity index (χ2n) is 6.20. The highest BCUT2D eigenvalue weighted by Crippen LogP contribution is 2.38. The zero-order valence-corrected chi connectivity index (χ0v) is 13.9. The van der Waals surface area contributed by atoms with Gasteiger partial charge in [-0.05, 0) is 24.1 Å². The van der Waals surface area contributed by atoms with E-state index in [1.165, 1.54) is 12.1 Å². The van der Waals surface area contributed by atoms with Crippen molar-refractivity contribution in [2.24, 2.45) is 5.41 Å². The number of hydrogen-bond acceptors (Lipinski definition) is 2. The molecule has 0 radical (unpaired) electrons. The molecule has 0 aromatic heterocycles. The minimum absolute atomic E-state index is 0.00809. The molecule has 2 rings (SSSR count). The predicted molar refractivity (Wildman–Crippen MR) is 89.2 cm³/mol. The summed E-state index contributed by atoms with van der Waals surface area (Å²) in [6.07, 6.45) is 6.53. The van der Waals surface area contributed by atoms with Crippen molar-refractivity contribution in [2.75, 3.05) is 6.61 Å². The molecule has 1 aromatic carbocycles. The van der Waals surface area contributed by atoms with Crippen LogP contribution < -0.4 is 4.74 Å². The fourth-order valence-electron chi connectivity index (χ4n) is 2.28. The van der Waals surface area contributed by atoms with E-state index in [1.54, 1.807) is 19.1 Å². The van der Waals surface area contributed by atoms with Gasteiger partial charge in [0.25, 0.3) is 0 Å². The number of carboxylic acids is 1. The second kappa shape index (κ2) is 6.59. The van der Waals surface area contributed by atoms with Crippen LogP contribution in [0.5, 0.6) is 5.75 Å². The normalized spacial score (nSPS) is 17.3. The molecule has 1 aliphatic heterocycles. The predicted octanol–water partition coefficient (Wildman–Crippen LogP) is 4.87. The molecule has 0 amide bonds. The van der Waals surface area contributed by atoms with Crippen molar-refractivity contribution in [3.05, 3.63) is 58.4 Å². The molecule has 0 unspecified atom stereocenters. The van der Waals surface area contributed by atoms with Gasteiger partial charge in [-0.2, -0.15) is 0 Å². The molecule has 122 valence electrons. The molecule has 1 aliphatic rings. The van der Waals surface area contributed by atoms with E-state index in [2.05, 4.69) is 0 Å². The number of fused-ring (bicyclic) bond motifs is 1. The van der Waals surface area contributed by atoms with Crippen LogP contribution in [0.4, 0.5) is 4.39 Å². The van der Waals surface area contributed by atoms with Crippen molar-refractivity contribution in [1.82, 2.24) is 0 Å². The van der Waals surface area contributed by atoms with Gasteiger partial charge in [0.1, 0.15) is 11.6 Å². The summed E-state index contributed by atoms with van der Waals surface area (Å²) in [4.78, 5) is 10.7. The van der Waals surface area contributed by atoms with Gasteiger partial charge in [-0.15, -0.1) is 0 Å². The maximum Gasteiger partial charge on any atom is 0.328 e. The van der Waals surface area contributed by atoms with Crippen LogP contribution in [0, 0.1) is 11.2 Å². The van der Waals surface area contributed by atoms with Crippen LogP contribution in [0.15, 0.2) is 42.0 Å². The molecule has 0 saturated carbocycles. The topological polar surface area (TPSA) is 46.5 Å². The van der Waals surface area contributed by atoms with Crippen LogP contribution >= 0.6 is 11.6 Å². The van der Waals surface area contributed by atoms with Crippen LogP contribution in [0.2, 0.25) is 5.02 Å². The maximum absolute atomic E-state index is 13.8. The van der Waals surface area contributed by atoms with Crippen molar-refractivity contribution >= 4 is 23.1 Å². The van der Waals surface area contributed by atoms with Crippen LogP contribution in [0.3, 0.4) is 0 Å². The third-order valence-electron chi connectivity index (χ3n) is 3.36. The van der Waals surface area contributed by atoms with Crippen molar-refractivity contribution in [1.29, 1.82) is 0 Å². The Hall–Kier alpha value is -2.07. The molecule has 23 heavy (non-hydrogen) atoms. The molecule has 1 heterocycles. The van der Waals surface area contributed by atoms with E-state index in [0.29, 0.717) is 23.5 Å². The number of rotatable bonds is 3. The van der Waals surface area contributed by atoms with E-state index in [4.69, 9.17) is 21.4 Å². The summed E-state index contributed by atoms with van der Waals surface area (Å²) in [5.41, 5.74) is 1.68. The zero-order chi connectivity index (χ0) is 17.2. The van der Waals surface area contributed by atoms with Gasteiger partial charge < -0.3 is 9.84 Å². The van der Waals surface area contributed by atoms with Gasteiger partial charge >= 0.3 is 5.97 Å². The van der Waals surface area contributed by atoms with Crippen molar-refractivity contribution < 1.29 is 19.0 Å². The Kier molecular flexibility index (Phi) is 4.95. The highest BCUT2D eigenvalue weighted by atomic mass is 35.5. The molecule has 1 aromatic rings. The van der Waals surface area contributed by atoms with Crippen LogP contribution in [-0.4, -0.2) is 17.7 Å². The van der Waals surface area contributed by atoms with Gasteiger partial charge in [0.2, 0.25) is 0 Å². The summed E-state index contributed by atoms with van der Waals surface area (Å²) >= 11 is 5.84. The number of allylic oxidation sites excluding steroid dienone is 4. The molecular weight excluding hydrogens is 319 g/mol. The number of aliphatic carboxylic acids is 1. The third-order valence-corrected chi connectivity index (χ3v) is 3.65. The lowest BCUT2D eigenvalue weighted by molar-refractivity contribution is -0.131. The van der Waals surface area contributed by atoms with Gasteiger partial charge in [-0.1, -0.05) is 43.7 Å². The number of benzene rings is 1. The van der Waals surface area contributed by atoms with Crippen LogP contribution in [-0.2, 0) is 4.79 Å². The quantitative estimate of drug-likeness (QED) is 0.633. The van der Waals surface area contributed by atoms with E-state index in [-0.39, 0.29) is 10.4 Å². The minimum atomic E-state index is -1.01. The summed E-state index contributed by atoms with van der Waals surface area (Å²) in [6.45, 7) is 6.13. The maximum atomic E-state index is 13.8. The summed E-state index contributed by atoms with van der Waals surface area (Å²) in [7, 11) is 0. The van der Waals surface area contributed by atoms with Gasteiger partial charge in [0, 0.05) is 23.1 Å². The Morgan fingerprint density at radius 1 is 1.43 bits per heavy atom. The molecule has 1 N–H and O–H groups in total. The lowest BCUT2D eigenvalue weighted by Gasteiger charge is -2.18. The largest absolute Gasteiger partial charge is 0.492 e. The Morgan fingerprint density at radius 3 is 2.78 bits per heavy atom. The van der Waals surface area contributed by atoms with Crippen LogP contribution in [0.25, 0.3) is 5.57 Å². The summed E-state index contributed by atoms with van der Waals surface area (Å²) in [5, 5.41) is 8.77. The van der Waals surface area contributed by atoms with E-state index in [1.807, 2.05) is 19.9 Å². The van der Waals surface area contributed by atoms with E-state index in [0.717, 1.165) is 11.6 Å². The number of carbonyl (C=O) groups is 1. The molecule has 0 fully saturated rings. The molecular formula is C18H18ClFO3. The van der Waals surface area contributed by atoms with Crippen molar-refractivity contribution in [3.63, 3.8) is 0 Å². The molecule has 0 aliphatic carbocycles. The minimum Gasteiger partial charge on any atom is -0.492 e. The van der Waals surface area contributed by atoms with Crippen molar-refractivity contribution in [2.45, 2.75) is 20.8 Å². The summed E-state index contributed by atoms with van der Waals surface area (Å²) < 4.78 is 19.6. The number of carboxylic acid groups (broad SMARTS) is 1. The van der Waals surface area contributed by atoms with Gasteiger partial charge in [0.05, 0.1) is 11.6 Å². The smallest absolute Gasteiger partial charge is 0.328 e. The van der Waals surface area contributed by atoms with E-state index < -0.39 is 11.8 Å². The molecule has 3 nitrogen and oxygen atoms in total. The fourth-order valence-corrected chi connectivity index (χ4v) is 2.43. The number of hydrogen-bond donors (Lipinski definition) is 1. The molecule has 0 bridgehead atoms. The Balaban J connectivity index is 2.51.